The van der Waals surface area contributed by atoms with Crippen LogP contribution in [0.1, 0.15) is 36.4 Å². The van der Waals surface area contributed by atoms with Gasteiger partial charge in [0.2, 0.25) is 0 Å². The van der Waals surface area contributed by atoms with Gasteiger partial charge in [-0.3, -0.25) is 4.79 Å². The lowest BCUT2D eigenvalue weighted by molar-refractivity contribution is 0.599. The predicted octanol–water partition coefficient (Wildman–Crippen LogP) is 1.94. The summed E-state index contributed by atoms with van der Waals surface area (Å²) >= 11 is 0. The van der Waals surface area contributed by atoms with Crippen molar-refractivity contribution in [1.82, 2.24) is 19.2 Å². The maximum atomic E-state index is 12.6. The molecule has 0 atom stereocenters. The summed E-state index contributed by atoms with van der Waals surface area (Å²) in [5, 5.41) is 13.8. The molecule has 0 aliphatic carbocycles. The molecule has 23 heavy (non-hydrogen) atoms. The Bertz CT molecular complexity index is 961. The number of hydrogen-bond acceptors (Lipinski definition) is 4. The summed E-state index contributed by atoms with van der Waals surface area (Å²) in [5.74, 6) is 0. The van der Waals surface area contributed by atoms with E-state index in [0.29, 0.717) is 19.4 Å². The monoisotopic (exact) mass is 307 g/mol. The van der Waals surface area contributed by atoms with Gasteiger partial charge in [0.05, 0.1) is 12.2 Å². The summed E-state index contributed by atoms with van der Waals surface area (Å²) in [6.45, 7) is 4.22. The molecule has 0 bridgehead atoms. The van der Waals surface area contributed by atoms with Crippen LogP contribution in [-0.2, 0) is 19.4 Å². The van der Waals surface area contributed by atoms with Gasteiger partial charge in [-0.2, -0.15) is 10.4 Å². The summed E-state index contributed by atoms with van der Waals surface area (Å²) < 4.78 is 3.30. The Morgan fingerprint density at radius 3 is 2.78 bits per heavy atom. The van der Waals surface area contributed by atoms with Gasteiger partial charge in [0, 0.05) is 18.1 Å². The van der Waals surface area contributed by atoms with Gasteiger partial charge in [-0.15, -0.1) is 0 Å². The third-order valence-corrected chi connectivity index (χ3v) is 3.96. The summed E-state index contributed by atoms with van der Waals surface area (Å²) in [5.41, 5.74) is 3.15. The van der Waals surface area contributed by atoms with E-state index in [0.717, 1.165) is 22.6 Å². The number of aromatic nitrogens is 4. The zero-order chi connectivity index (χ0) is 16.4. The van der Waals surface area contributed by atoms with Crippen molar-refractivity contribution in [2.45, 2.75) is 33.2 Å². The summed E-state index contributed by atoms with van der Waals surface area (Å²) in [7, 11) is 0. The lowest BCUT2D eigenvalue weighted by Gasteiger charge is -2.12. The highest BCUT2D eigenvalue weighted by Gasteiger charge is 2.15. The van der Waals surface area contributed by atoms with Crippen LogP contribution in [-0.4, -0.2) is 19.2 Å². The van der Waals surface area contributed by atoms with Crippen LogP contribution in [0.5, 0.6) is 0 Å². The molecule has 0 spiro atoms. The number of nitriles is 1. The molecule has 0 unspecified atom stereocenters. The Morgan fingerprint density at radius 1 is 1.26 bits per heavy atom. The average molecular weight is 307 g/mol. The highest BCUT2D eigenvalue weighted by atomic mass is 16.1. The molecule has 116 valence electrons. The second kappa shape index (κ2) is 6.05. The number of rotatable bonds is 4. The van der Waals surface area contributed by atoms with Crippen LogP contribution in [0.3, 0.4) is 0 Å². The topological polar surface area (TPSA) is 76.0 Å². The van der Waals surface area contributed by atoms with E-state index in [4.69, 9.17) is 0 Å². The Morgan fingerprint density at radius 2 is 2.09 bits per heavy atom. The molecule has 0 aliphatic heterocycles. The van der Waals surface area contributed by atoms with Crippen molar-refractivity contribution in [3.8, 4) is 6.07 Å². The highest BCUT2D eigenvalue weighted by Crippen LogP contribution is 2.12. The van der Waals surface area contributed by atoms with E-state index in [1.807, 2.05) is 42.6 Å². The van der Waals surface area contributed by atoms with Crippen molar-refractivity contribution in [3.05, 3.63) is 63.5 Å². The highest BCUT2D eigenvalue weighted by molar-refractivity contribution is 5.40. The molecule has 6 nitrogen and oxygen atoms in total. The molecule has 3 aromatic rings. The lowest BCUT2D eigenvalue weighted by atomic mass is 10.0. The number of imidazole rings is 1. The summed E-state index contributed by atoms with van der Waals surface area (Å²) in [4.78, 5) is 16.8. The van der Waals surface area contributed by atoms with Crippen molar-refractivity contribution in [2.24, 2.45) is 0 Å². The van der Waals surface area contributed by atoms with Gasteiger partial charge in [0.15, 0.2) is 0 Å². The second-order valence-corrected chi connectivity index (χ2v) is 5.25. The van der Waals surface area contributed by atoms with Gasteiger partial charge in [0.25, 0.3) is 5.56 Å². The molecule has 0 fully saturated rings. The SMILES string of the molecule is CCc1nn(Cc2cccc3nccn23)c(=O)c(C#N)c1CC. The van der Waals surface area contributed by atoms with Crippen molar-refractivity contribution >= 4 is 5.65 Å². The minimum atomic E-state index is -0.335. The van der Waals surface area contributed by atoms with Crippen molar-refractivity contribution in [2.75, 3.05) is 0 Å². The fourth-order valence-corrected chi connectivity index (χ4v) is 2.83. The molecule has 0 amide bonds. The normalized spacial score (nSPS) is 10.8. The standard InChI is InChI=1S/C17H17N5O/c1-3-13-14(10-18)17(23)22(20-15(13)4-2)11-12-6-5-7-16-19-8-9-21(12)16/h5-9H,3-4,11H2,1-2H3. The van der Waals surface area contributed by atoms with Crippen LogP contribution < -0.4 is 5.56 Å². The first-order chi connectivity index (χ1) is 11.2. The fraction of sp³-hybridized carbons (Fsp3) is 0.294. The van der Waals surface area contributed by atoms with Gasteiger partial charge in [-0.05, 0) is 30.5 Å². The molecular formula is C17H17N5O. The number of nitrogens with zero attached hydrogens (tertiary/aromatic N) is 5. The van der Waals surface area contributed by atoms with E-state index in [2.05, 4.69) is 16.2 Å². The summed E-state index contributed by atoms with van der Waals surface area (Å²) in [6, 6.07) is 7.78. The smallest absolute Gasteiger partial charge is 0.285 e. The van der Waals surface area contributed by atoms with E-state index >= 15 is 0 Å². The Balaban J connectivity index is 2.16. The minimum absolute atomic E-state index is 0.206. The fourth-order valence-electron chi connectivity index (χ4n) is 2.83. The van der Waals surface area contributed by atoms with Crippen LogP contribution >= 0.6 is 0 Å². The first-order valence-corrected chi connectivity index (χ1v) is 7.63. The Labute approximate surface area is 133 Å². The van der Waals surface area contributed by atoms with Crippen LogP contribution in [0.4, 0.5) is 0 Å². The van der Waals surface area contributed by atoms with Gasteiger partial charge >= 0.3 is 0 Å². The number of fused-ring (bicyclic) bond motifs is 1. The van der Waals surface area contributed by atoms with Crippen molar-refractivity contribution < 1.29 is 0 Å². The molecule has 6 heteroatoms. The zero-order valence-corrected chi connectivity index (χ0v) is 13.2. The molecule has 0 saturated carbocycles. The third-order valence-electron chi connectivity index (χ3n) is 3.96. The maximum Gasteiger partial charge on any atom is 0.285 e. The van der Waals surface area contributed by atoms with E-state index in [9.17, 15) is 10.1 Å². The number of hydrogen-bond donors (Lipinski definition) is 0. The van der Waals surface area contributed by atoms with Crippen LogP contribution in [0.15, 0.2) is 35.4 Å². The third kappa shape index (κ3) is 2.50. The van der Waals surface area contributed by atoms with E-state index in [1.165, 1.54) is 4.68 Å². The Kier molecular flexibility index (Phi) is 3.94. The largest absolute Gasteiger partial charge is 0.302 e. The minimum Gasteiger partial charge on any atom is -0.302 e. The number of aryl methyl sites for hydroxylation is 1. The van der Waals surface area contributed by atoms with Gasteiger partial charge < -0.3 is 4.40 Å². The van der Waals surface area contributed by atoms with Gasteiger partial charge in [-0.1, -0.05) is 19.9 Å². The zero-order valence-electron chi connectivity index (χ0n) is 13.2. The number of pyridine rings is 1. The molecule has 3 aromatic heterocycles. The van der Waals surface area contributed by atoms with Crippen molar-refractivity contribution in [1.29, 1.82) is 5.26 Å². The molecule has 0 aromatic carbocycles. The lowest BCUT2D eigenvalue weighted by Crippen LogP contribution is -2.29. The molecule has 3 rings (SSSR count). The van der Waals surface area contributed by atoms with E-state index in [1.54, 1.807) is 6.20 Å². The second-order valence-electron chi connectivity index (χ2n) is 5.25. The van der Waals surface area contributed by atoms with Crippen LogP contribution in [0, 0.1) is 11.3 Å². The van der Waals surface area contributed by atoms with Gasteiger partial charge in [-0.25, -0.2) is 9.67 Å². The quantitative estimate of drug-likeness (QED) is 0.738. The van der Waals surface area contributed by atoms with Gasteiger partial charge in [0.1, 0.15) is 17.3 Å². The molecule has 0 saturated heterocycles. The van der Waals surface area contributed by atoms with Crippen LogP contribution in [0.2, 0.25) is 0 Å². The van der Waals surface area contributed by atoms with E-state index in [-0.39, 0.29) is 11.1 Å². The van der Waals surface area contributed by atoms with Crippen molar-refractivity contribution in [3.63, 3.8) is 0 Å². The average Bonchev–Trinajstić information content (AvgIpc) is 3.05. The predicted molar refractivity (Wildman–Crippen MR) is 86.3 cm³/mol. The molecular weight excluding hydrogens is 290 g/mol. The molecule has 0 radical (unpaired) electrons. The molecule has 0 N–H and O–H groups in total. The summed E-state index contributed by atoms with van der Waals surface area (Å²) in [6.07, 6.45) is 4.88. The van der Waals surface area contributed by atoms with E-state index < -0.39 is 0 Å². The van der Waals surface area contributed by atoms with Crippen LogP contribution in [0.25, 0.3) is 5.65 Å². The first kappa shape index (κ1) is 15.0. The molecule has 3 heterocycles. The first-order valence-electron chi connectivity index (χ1n) is 7.63. The maximum absolute atomic E-state index is 12.6. The molecule has 0 aliphatic rings. The Hall–Kier alpha value is -2.94.